The number of anilines is 1. The number of nitrogens with one attached hydrogen (secondary N) is 3. The van der Waals surface area contributed by atoms with E-state index in [9.17, 15) is 28.0 Å². The molecular formula is C28H36F2N6O5. The maximum absolute atomic E-state index is 14.5. The lowest BCUT2D eigenvalue weighted by molar-refractivity contribution is -0.147. The fourth-order valence-corrected chi connectivity index (χ4v) is 4.26. The molecule has 0 unspecified atom stereocenters. The molecule has 1 saturated heterocycles. The van der Waals surface area contributed by atoms with E-state index in [-0.39, 0.29) is 30.0 Å². The van der Waals surface area contributed by atoms with Gasteiger partial charge in [0.1, 0.15) is 6.04 Å². The minimum absolute atomic E-state index is 0.118. The predicted octanol–water partition coefficient (Wildman–Crippen LogP) is 1.71. The number of carbonyl (C=O) groups is 4. The van der Waals surface area contributed by atoms with E-state index in [0.29, 0.717) is 18.8 Å². The van der Waals surface area contributed by atoms with Crippen LogP contribution in [0.15, 0.2) is 42.6 Å². The van der Waals surface area contributed by atoms with Gasteiger partial charge in [-0.05, 0) is 30.8 Å². The van der Waals surface area contributed by atoms with Crippen LogP contribution in [0.4, 0.5) is 14.5 Å². The molecule has 2 atom stereocenters. The van der Waals surface area contributed by atoms with Gasteiger partial charge in [-0.2, -0.15) is 8.78 Å². The number of carbonyl (C=O) groups excluding carboxylic acids is 4. The molecule has 1 aromatic carbocycles. The summed E-state index contributed by atoms with van der Waals surface area (Å²) in [5.41, 5.74) is 0.485. The van der Waals surface area contributed by atoms with Gasteiger partial charge in [0.15, 0.2) is 0 Å². The number of hydrogen-bond acceptors (Lipinski definition) is 7. The van der Waals surface area contributed by atoms with E-state index in [1.807, 2.05) is 19.3 Å². The quantitative estimate of drug-likeness (QED) is 0.372. The lowest BCUT2D eigenvalue weighted by Crippen LogP contribution is -2.55. The average molecular weight is 575 g/mol. The average Bonchev–Trinajstić information content (AvgIpc) is 2.98. The summed E-state index contributed by atoms with van der Waals surface area (Å²) in [6.07, 6.45) is 1.07. The number of ether oxygens (including phenoxy) is 1. The highest BCUT2D eigenvalue weighted by atomic mass is 19.3. The summed E-state index contributed by atoms with van der Waals surface area (Å²) in [7, 11) is 3.32. The zero-order valence-corrected chi connectivity index (χ0v) is 23.6. The normalized spacial score (nSPS) is 15.4. The van der Waals surface area contributed by atoms with Crippen molar-refractivity contribution in [3.63, 3.8) is 0 Å². The van der Waals surface area contributed by atoms with Crippen molar-refractivity contribution in [2.75, 3.05) is 52.2 Å². The van der Waals surface area contributed by atoms with Gasteiger partial charge in [-0.1, -0.05) is 26.0 Å². The lowest BCUT2D eigenvalue weighted by Gasteiger charge is -2.36. The lowest BCUT2D eigenvalue weighted by atomic mass is 9.91. The van der Waals surface area contributed by atoms with E-state index in [1.165, 1.54) is 13.2 Å². The number of amides is 4. The second kappa shape index (κ2) is 14.0. The van der Waals surface area contributed by atoms with Crippen LogP contribution in [0.5, 0.6) is 5.88 Å². The zero-order valence-electron chi connectivity index (χ0n) is 23.6. The Morgan fingerprint density at radius 2 is 1.68 bits per heavy atom. The monoisotopic (exact) mass is 574 g/mol. The van der Waals surface area contributed by atoms with Crippen LogP contribution in [0.2, 0.25) is 0 Å². The zero-order chi connectivity index (χ0) is 30.2. The van der Waals surface area contributed by atoms with E-state index in [1.54, 1.807) is 36.1 Å². The van der Waals surface area contributed by atoms with Gasteiger partial charge in [-0.15, -0.1) is 0 Å². The SMILES string of the molecule is CCC(=O)N[C@@H](C(=O)N1CCN(C)CC1)[C@@H](C)c1ccc(NC(=O)CNC(=O)C(F)(F)c2ccc(OC)nc2)cc1. The highest BCUT2D eigenvalue weighted by Crippen LogP contribution is 2.28. The minimum atomic E-state index is -3.90. The molecule has 1 aromatic heterocycles. The summed E-state index contributed by atoms with van der Waals surface area (Å²) in [4.78, 5) is 57.5. The van der Waals surface area contributed by atoms with Crippen molar-refractivity contribution in [2.24, 2.45) is 0 Å². The van der Waals surface area contributed by atoms with E-state index < -0.39 is 35.9 Å². The second-order valence-corrected chi connectivity index (χ2v) is 9.83. The minimum Gasteiger partial charge on any atom is -0.481 e. The fourth-order valence-electron chi connectivity index (χ4n) is 4.26. The van der Waals surface area contributed by atoms with Crippen LogP contribution in [0.25, 0.3) is 0 Å². The van der Waals surface area contributed by atoms with Crippen LogP contribution < -0.4 is 20.7 Å². The molecular weight excluding hydrogens is 538 g/mol. The third-order valence-electron chi connectivity index (χ3n) is 6.94. The molecule has 0 aliphatic carbocycles. The molecule has 11 nitrogen and oxygen atoms in total. The summed E-state index contributed by atoms with van der Waals surface area (Å²) in [5.74, 6) is -6.88. The second-order valence-electron chi connectivity index (χ2n) is 9.83. The third kappa shape index (κ3) is 8.19. The fraction of sp³-hybridized carbons (Fsp3) is 0.464. The first-order chi connectivity index (χ1) is 19.5. The van der Waals surface area contributed by atoms with Crippen molar-refractivity contribution < 1.29 is 32.7 Å². The molecule has 222 valence electrons. The number of aromatic nitrogens is 1. The molecule has 3 N–H and O–H groups in total. The highest BCUT2D eigenvalue weighted by Gasteiger charge is 2.41. The standard InChI is InChI=1S/C28H36F2N6O5/c1-5-22(37)34-25(26(39)36-14-12-35(3)13-15-36)18(2)19-6-9-21(10-7-19)33-23(38)17-32-27(40)28(29,30)20-8-11-24(41-4)31-16-20/h6-11,16,18,25H,5,12-15,17H2,1-4H3,(H,32,40)(H,33,38)(H,34,37)/t18-,25+/m0/s1. The molecule has 0 bridgehead atoms. The number of pyridine rings is 1. The Kier molecular flexibility index (Phi) is 10.7. The number of likely N-dealkylation sites (N-methyl/N-ethyl adjacent to an activating group) is 1. The van der Waals surface area contributed by atoms with Crippen LogP contribution in [0.3, 0.4) is 0 Å². The summed E-state index contributed by atoms with van der Waals surface area (Å²) in [6.45, 7) is 5.53. The van der Waals surface area contributed by atoms with Gasteiger partial charge in [0.05, 0.1) is 13.7 Å². The first-order valence-electron chi connectivity index (χ1n) is 13.3. The van der Waals surface area contributed by atoms with Crippen LogP contribution in [0.1, 0.15) is 37.3 Å². The molecule has 1 aliphatic rings. The van der Waals surface area contributed by atoms with Crippen LogP contribution >= 0.6 is 0 Å². The summed E-state index contributed by atoms with van der Waals surface area (Å²) >= 11 is 0. The van der Waals surface area contributed by atoms with Gasteiger partial charge >= 0.3 is 5.92 Å². The van der Waals surface area contributed by atoms with Crippen LogP contribution in [-0.2, 0) is 25.1 Å². The van der Waals surface area contributed by atoms with Crippen molar-refractivity contribution in [3.8, 4) is 5.88 Å². The Bertz CT molecular complexity index is 1220. The molecule has 2 heterocycles. The number of alkyl halides is 2. The molecule has 1 fully saturated rings. The third-order valence-corrected chi connectivity index (χ3v) is 6.94. The van der Waals surface area contributed by atoms with Gasteiger partial charge in [-0.25, -0.2) is 4.98 Å². The summed E-state index contributed by atoms with van der Waals surface area (Å²) < 4.78 is 33.7. The van der Waals surface area contributed by atoms with E-state index in [0.717, 1.165) is 30.9 Å². The molecule has 0 radical (unpaired) electrons. The molecule has 1 aliphatic heterocycles. The van der Waals surface area contributed by atoms with Gasteiger partial charge in [0.25, 0.3) is 5.91 Å². The summed E-state index contributed by atoms with van der Waals surface area (Å²) in [6, 6.07) is 8.09. The van der Waals surface area contributed by atoms with E-state index in [4.69, 9.17) is 4.74 Å². The van der Waals surface area contributed by atoms with Crippen molar-refractivity contribution >= 4 is 29.3 Å². The molecule has 3 rings (SSSR count). The van der Waals surface area contributed by atoms with E-state index >= 15 is 0 Å². The molecule has 13 heteroatoms. The smallest absolute Gasteiger partial charge is 0.351 e. The molecule has 41 heavy (non-hydrogen) atoms. The van der Waals surface area contributed by atoms with Crippen LogP contribution in [0, 0.1) is 0 Å². The van der Waals surface area contributed by atoms with Gasteiger partial charge < -0.3 is 30.5 Å². The Morgan fingerprint density at radius 3 is 2.24 bits per heavy atom. The topological polar surface area (TPSA) is 133 Å². The summed E-state index contributed by atoms with van der Waals surface area (Å²) in [5, 5.41) is 7.33. The Morgan fingerprint density at radius 1 is 1.02 bits per heavy atom. The highest BCUT2D eigenvalue weighted by molar-refractivity contribution is 5.95. The Hall–Kier alpha value is -4.13. The molecule has 0 saturated carbocycles. The number of methoxy groups -OCH3 is 1. The first-order valence-corrected chi connectivity index (χ1v) is 13.3. The predicted molar refractivity (Wildman–Crippen MR) is 147 cm³/mol. The number of benzene rings is 1. The van der Waals surface area contributed by atoms with Crippen LogP contribution in [-0.4, -0.2) is 91.3 Å². The molecule has 0 spiro atoms. The molecule has 2 aromatic rings. The first kappa shape index (κ1) is 31.4. The van der Waals surface area contributed by atoms with Gasteiger partial charge in [0, 0.05) is 62.0 Å². The van der Waals surface area contributed by atoms with Crippen molar-refractivity contribution in [1.29, 1.82) is 0 Å². The molecule has 4 amide bonds. The van der Waals surface area contributed by atoms with E-state index in [2.05, 4.69) is 20.5 Å². The number of halogens is 2. The van der Waals surface area contributed by atoms with Gasteiger partial charge in [-0.3, -0.25) is 19.2 Å². The number of hydrogen-bond donors (Lipinski definition) is 3. The number of piperazine rings is 1. The van der Waals surface area contributed by atoms with Gasteiger partial charge in [0.2, 0.25) is 23.6 Å². The van der Waals surface area contributed by atoms with Crippen molar-refractivity contribution in [1.82, 2.24) is 25.4 Å². The number of nitrogens with zero attached hydrogens (tertiary/aromatic N) is 3. The Labute approximate surface area is 237 Å². The maximum atomic E-state index is 14.5. The number of rotatable bonds is 11. The largest absolute Gasteiger partial charge is 0.481 e. The van der Waals surface area contributed by atoms with Crippen molar-refractivity contribution in [2.45, 2.75) is 38.2 Å². The van der Waals surface area contributed by atoms with Crippen molar-refractivity contribution in [3.05, 3.63) is 53.7 Å². The Balaban J connectivity index is 1.59. The maximum Gasteiger partial charge on any atom is 0.351 e.